The maximum atomic E-state index is 12.1. The van der Waals surface area contributed by atoms with Gasteiger partial charge in [-0.25, -0.2) is 0 Å². The fourth-order valence-corrected chi connectivity index (χ4v) is 1.63. The Labute approximate surface area is 110 Å². The van der Waals surface area contributed by atoms with Gasteiger partial charge in [0.15, 0.2) is 0 Å². The van der Waals surface area contributed by atoms with E-state index in [2.05, 4.69) is 0 Å². The second kappa shape index (κ2) is 6.45. The molecule has 0 unspecified atom stereocenters. The van der Waals surface area contributed by atoms with Gasteiger partial charge in [-0.05, 0) is 24.6 Å². The lowest BCUT2D eigenvalue weighted by Crippen LogP contribution is -2.31. The quantitative estimate of drug-likeness (QED) is 0.839. The van der Waals surface area contributed by atoms with Crippen LogP contribution in [0.2, 0.25) is 0 Å². The molecule has 0 bridgehead atoms. The van der Waals surface area contributed by atoms with Crippen LogP contribution in [0.5, 0.6) is 0 Å². The van der Waals surface area contributed by atoms with Gasteiger partial charge < -0.3 is 10.6 Å². The molecule has 6 heteroatoms. The summed E-state index contributed by atoms with van der Waals surface area (Å²) in [6, 6.07) is 6.91. The van der Waals surface area contributed by atoms with Crippen molar-refractivity contribution in [3.63, 3.8) is 0 Å². The third kappa shape index (κ3) is 5.63. The largest absolute Gasteiger partial charge is 0.399 e. The number of carbonyl (C=O) groups is 1. The number of carbonyl (C=O) groups excluding carboxylic acids is 1. The first-order chi connectivity index (χ1) is 8.81. The van der Waals surface area contributed by atoms with Gasteiger partial charge in [0.25, 0.3) is 0 Å². The summed E-state index contributed by atoms with van der Waals surface area (Å²) in [6.45, 7) is 2.41. The third-order valence-electron chi connectivity index (χ3n) is 2.71. The smallest absolute Gasteiger partial charge is 0.389 e. The molecule has 19 heavy (non-hydrogen) atoms. The Bertz CT molecular complexity index is 415. The third-order valence-corrected chi connectivity index (χ3v) is 2.71. The van der Waals surface area contributed by atoms with Crippen molar-refractivity contribution in [2.45, 2.75) is 32.5 Å². The minimum Gasteiger partial charge on any atom is -0.399 e. The number of halogens is 3. The molecule has 0 spiro atoms. The van der Waals surface area contributed by atoms with Gasteiger partial charge in [-0.1, -0.05) is 12.1 Å². The second-order valence-electron chi connectivity index (χ2n) is 4.26. The topological polar surface area (TPSA) is 46.3 Å². The van der Waals surface area contributed by atoms with E-state index in [0.717, 1.165) is 5.56 Å². The molecule has 3 nitrogen and oxygen atoms in total. The zero-order valence-corrected chi connectivity index (χ0v) is 10.7. The van der Waals surface area contributed by atoms with Crippen LogP contribution in [0.25, 0.3) is 0 Å². The van der Waals surface area contributed by atoms with Crippen molar-refractivity contribution in [3.8, 4) is 0 Å². The van der Waals surface area contributed by atoms with Gasteiger partial charge >= 0.3 is 6.18 Å². The van der Waals surface area contributed by atoms with Crippen LogP contribution in [-0.4, -0.2) is 23.5 Å². The summed E-state index contributed by atoms with van der Waals surface area (Å²) >= 11 is 0. The van der Waals surface area contributed by atoms with Gasteiger partial charge in [0.2, 0.25) is 5.91 Å². The van der Waals surface area contributed by atoms with Crippen molar-refractivity contribution in [1.82, 2.24) is 4.90 Å². The monoisotopic (exact) mass is 274 g/mol. The van der Waals surface area contributed by atoms with Crippen LogP contribution in [0.15, 0.2) is 24.3 Å². The fourth-order valence-electron chi connectivity index (χ4n) is 1.63. The highest BCUT2D eigenvalue weighted by Gasteiger charge is 2.28. The normalized spacial score (nSPS) is 11.4. The van der Waals surface area contributed by atoms with E-state index in [-0.39, 0.29) is 0 Å². The zero-order valence-electron chi connectivity index (χ0n) is 10.7. The number of anilines is 1. The van der Waals surface area contributed by atoms with E-state index in [9.17, 15) is 18.0 Å². The Balaban J connectivity index is 2.57. The average molecular weight is 274 g/mol. The van der Waals surface area contributed by atoms with Gasteiger partial charge in [0, 0.05) is 25.2 Å². The molecule has 1 rings (SSSR count). The molecule has 1 amide bonds. The van der Waals surface area contributed by atoms with Crippen molar-refractivity contribution >= 4 is 11.6 Å². The molecular weight excluding hydrogens is 257 g/mol. The number of nitrogen functional groups attached to an aromatic ring is 1. The van der Waals surface area contributed by atoms with E-state index < -0.39 is 24.9 Å². The van der Waals surface area contributed by atoms with Gasteiger partial charge in [0.05, 0.1) is 6.42 Å². The number of benzene rings is 1. The van der Waals surface area contributed by atoms with Crippen LogP contribution in [0.4, 0.5) is 18.9 Å². The molecule has 0 saturated heterocycles. The maximum Gasteiger partial charge on any atom is 0.389 e. The van der Waals surface area contributed by atoms with Crippen LogP contribution in [-0.2, 0) is 11.3 Å². The molecule has 106 valence electrons. The van der Waals surface area contributed by atoms with E-state index in [0.29, 0.717) is 18.8 Å². The Hall–Kier alpha value is -1.72. The Morgan fingerprint density at radius 2 is 1.84 bits per heavy atom. The van der Waals surface area contributed by atoms with Crippen molar-refractivity contribution in [3.05, 3.63) is 29.8 Å². The average Bonchev–Trinajstić information content (AvgIpc) is 2.34. The predicted octanol–water partition coefficient (Wildman–Crippen LogP) is 2.96. The van der Waals surface area contributed by atoms with Crippen molar-refractivity contribution in [2.75, 3.05) is 12.3 Å². The lowest BCUT2D eigenvalue weighted by molar-refractivity contribution is -0.149. The minimum absolute atomic E-state index is 0.299. The fraction of sp³-hybridized carbons (Fsp3) is 0.462. The molecule has 0 fully saturated rings. The number of nitrogens with zero attached hydrogens (tertiary/aromatic N) is 1. The zero-order chi connectivity index (χ0) is 14.5. The van der Waals surface area contributed by atoms with Gasteiger partial charge in [-0.15, -0.1) is 0 Å². The molecule has 0 aliphatic carbocycles. The van der Waals surface area contributed by atoms with E-state index >= 15 is 0 Å². The van der Waals surface area contributed by atoms with E-state index in [1.807, 2.05) is 0 Å². The number of hydrogen-bond acceptors (Lipinski definition) is 2. The summed E-state index contributed by atoms with van der Waals surface area (Å²) in [5.41, 5.74) is 6.99. The lowest BCUT2D eigenvalue weighted by atomic mass is 10.2. The number of nitrogens with two attached hydrogens (primary N) is 1. The first-order valence-electron chi connectivity index (χ1n) is 6.00. The molecule has 0 aliphatic heterocycles. The number of rotatable bonds is 5. The Morgan fingerprint density at radius 3 is 2.32 bits per heavy atom. The first kappa shape index (κ1) is 15.3. The molecule has 2 N–H and O–H groups in total. The molecule has 0 saturated carbocycles. The van der Waals surface area contributed by atoms with E-state index in [4.69, 9.17) is 5.73 Å². The molecule has 1 aromatic rings. The van der Waals surface area contributed by atoms with Crippen LogP contribution in [0, 0.1) is 0 Å². The highest BCUT2D eigenvalue weighted by Crippen LogP contribution is 2.22. The van der Waals surface area contributed by atoms with E-state index in [1.54, 1.807) is 31.2 Å². The van der Waals surface area contributed by atoms with Crippen molar-refractivity contribution in [2.24, 2.45) is 0 Å². The van der Waals surface area contributed by atoms with Crippen LogP contribution >= 0.6 is 0 Å². The van der Waals surface area contributed by atoms with Gasteiger partial charge in [0.1, 0.15) is 0 Å². The molecule has 0 aliphatic rings. The lowest BCUT2D eigenvalue weighted by Gasteiger charge is -2.21. The van der Waals surface area contributed by atoms with Gasteiger partial charge in [-0.2, -0.15) is 13.2 Å². The van der Waals surface area contributed by atoms with Crippen molar-refractivity contribution in [1.29, 1.82) is 0 Å². The first-order valence-corrected chi connectivity index (χ1v) is 6.00. The number of alkyl halides is 3. The Morgan fingerprint density at radius 1 is 1.26 bits per heavy atom. The van der Waals surface area contributed by atoms with Crippen LogP contribution in [0.3, 0.4) is 0 Å². The summed E-state index contributed by atoms with van der Waals surface area (Å²) < 4.78 is 36.2. The summed E-state index contributed by atoms with van der Waals surface area (Å²) in [5.74, 6) is -0.489. The number of amides is 1. The summed E-state index contributed by atoms with van der Waals surface area (Å²) in [7, 11) is 0. The van der Waals surface area contributed by atoms with Crippen LogP contribution < -0.4 is 5.73 Å². The van der Waals surface area contributed by atoms with Crippen molar-refractivity contribution < 1.29 is 18.0 Å². The Kier molecular flexibility index (Phi) is 5.20. The molecular formula is C13H17F3N2O. The highest BCUT2D eigenvalue weighted by molar-refractivity contribution is 5.76. The second-order valence-corrected chi connectivity index (χ2v) is 4.26. The highest BCUT2D eigenvalue weighted by atomic mass is 19.4. The molecule has 0 heterocycles. The van der Waals surface area contributed by atoms with Crippen LogP contribution in [0.1, 0.15) is 25.3 Å². The summed E-state index contributed by atoms with van der Waals surface area (Å²) in [6.07, 6.45) is -5.88. The summed E-state index contributed by atoms with van der Waals surface area (Å²) in [5, 5.41) is 0. The standard InChI is InChI=1S/C13H17F3N2O/c1-2-18(12(19)7-8-13(14,15)16)9-10-3-5-11(17)6-4-10/h3-6H,2,7-9,17H2,1H3. The predicted molar refractivity (Wildman–Crippen MR) is 67.2 cm³/mol. The van der Waals surface area contributed by atoms with Gasteiger partial charge in [-0.3, -0.25) is 4.79 Å². The molecule has 0 aromatic heterocycles. The summed E-state index contributed by atoms with van der Waals surface area (Å²) in [4.78, 5) is 13.1. The molecule has 0 atom stereocenters. The molecule has 1 aromatic carbocycles. The maximum absolute atomic E-state index is 12.1. The SMILES string of the molecule is CCN(Cc1ccc(N)cc1)C(=O)CCC(F)(F)F. The minimum atomic E-state index is -4.30. The molecule has 0 radical (unpaired) electrons. The van der Waals surface area contributed by atoms with E-state index in [1.165, 1.54) is 4.90 Å². The number of hydrogen-bond donors (Lipinski definition) is 1.